The average Bonchev–Trinajstić information content (AvgIpc) is 2.92. The van der Waals surface area contributed by atoms with Gasteiger partial charge in [0.15, 0.2) is 0 Å². The molecule has 1 aliphatic rings. The van der Waals surface area contributed by atoms with E-state index < -0.39 is 16.0 Å². The molecule has 19 heavy (non-hydrogen) atoms. The molecule has 0 spiro atoms. The van der Waals surface area contributed by atoms with Crippen molar-refractivity contribution in [2.75, 3.05) is 20.3 Å². The summed E-state index contributed by atoms with van der Waals surface area (Å²) >= 11 is 5.89. The van der Waals surface area contributed by atoms with Crippen molar-refractivity contribution in [1.82, 2.24) is 4.47 Å². The van der Waals surface area contributed by atoms with Crippen molar-refractivity contribution in [3.8, 4) is 0 Å². The molecule has 1 aromatic carbocycles. The molecule has 1 fully saturated rings. The summed E-state index contributed by atoms with van der Waals surface area (Å²) in [5.74, 6) is -0.629. The number of esters is 1. The Morgan fingerprint density at radius 2 is 2.21 bits per heavy atom. The molecular formula is C11H12ClNO5S. The van der Waals surface area contributed by atoms with Crippen molar-refractivity contribution >= 4 is 27.6 Å². The predicted molar refractivity (Wildman–Crippen MR) is 67.3 cm³/mol. The Labute approximate surface area is 115 Å². The van der Waals surface area contributed by atoms with E-state index in [0.29, 0.717) is 13.0 Å². The first-order valence-electron chi connectivity index (χ1n) is 5.50. The molecule has 2 rings (SSSR count). The van der Waals surface area contributed by atoms with Crippen LogP contribution in [0.5, 0.6) is 0 Å². The Kier molecular flexibility index (Phi) is 4.10. The molecule has 1 heterocycles. The van der Waals surface area contributed by atoms with Gasteiger partial charge >= 0.3 is 5.97 Å². The minimum absolute atomic E-state index is 0.0307. The number of nitrogens with zero attached hydrogens (tertiary/aromatic N) is 1. The van der Waals surface area contributed by atoms with E-state index in [1.807, 2.05) is 0 Å². The minimum Gasteiger partial charge on any atom is -0.465 e. The second-order valence-corrected chi connectivity index (χ2v) is 6.06. The highest BCUT2D eigenvalue weighted by atomic mass is 35.5. The second-order valence-electron chi connectivity index (χ2n) is 3.85. The number of carbonyl (C=O) groups is 1. The molecule has 104 valence electrons. The van der Waals surface area contributed by atoms with Crippen LogP contribution in [0, 0.1) is 0 Å². The zero-order chi connectivity index (χ0) is 14.0. The predicted octanol–water partition coefficient (Wildman–Crippen LogP) is 1.45. The summed E-state index contributed by atoms with van der Waals surface area (Å²) in [5, 5.41) is 0.0307. The third-order valence-electron chi connectivity index (χ3n) is 2.62. The lowest BCUT2D eigenvalue weighted by atomic mass is 10.2. The van der Waals surface area contributed by atoms with Crippen molar-refractivity contribution in [3.05, 3.63) is 28.8 Å². The first-order chi connectivity index (χ1) is 8.96. The number of carbonyl (C=O) groups excluding carboxylic acids is 1. The van der Waals surface area contributed by atoms with Crippen LogP contribution in [0.25, 0.3) is 0 Å². The van der Waals surface area contributed by atoms with Crippen LogP contribution < -0.4 is 0 Å². The third kappa shape index (κ3) is 2.74. The van der Waals surface area contributed by atoms with E-state index in [4.69, 9.17) is 16.4 Å². The fourth-order valence-corrected chi connectivity index (χ4v) is 3.47. The summed E-state index contributed by atoms with van der Waals surface area (Å²) in [4.78, 5) is 16.3. The molecule has 0 aliphatic carbocycles. The van der Waals surface area contributed by atoms with Gasteiger partial charge in [-0.3, -0.25) is 4.84 Å². The van der Waals surface area contributed by atoms with Gasteiger partial charge in [0, 0.05) is 6.54 Å². The molecule has 0 amide bonds. The van der Waals surface area contributed by atoms with Gasteiger partial charge in [0.25, 0.3) is 10.0 Å². The molecule has 6 nitrogen and oxygen atoms in total. The molecule has 0 atom stereocenters. The van der Waals surface area contributed by atoms with E-state index in [1.54, 1.807) is 0 Å². The highest BCUT2D eigenvalue weighted by Crippen LogP contribution is 2.27. The van der Waals surface area contributed by atoms with Crippen molar-refractivity contribution < 1.29 is 22.8 Å². The van der Waals surface area contributed by atoms with E-state index in [0.717, 1.165) is 4.47 Å². The van der Waals surface area contributed by atoms with Gasteiger partial charge in [-0.2, -0.15) is 0 Å². The summed E-state index contributed by atoms with van der Waals surface area (Å²) in [6.45, 7) is 0.606. The Hall–Kier alpha value is -1.15. The number of ether oxygens (including phenoxy) is 1. The Bertz CT molecular complexity index is 595. The molecule has 8 heteroatoms. The van der Waals surface area contributed by atoms with Crippen LogP contribution in [-0.4, -0.2) is 39.1 Å². The maximum Gasteiger partial charge on any atom is 0.337 e. The van der Waals surface area contributed by atoms with E-state index in [1.165, 1.54) is 25.3 Å². The molecule has 0 aromatic heterocycles. The van der Waals surface area contributed by atoms with Crippen LogP contribution in [0.2, 0.25) is 5.02 Å². The molecule has 1 aromatic rings. The standard InChI is InChI=1S/C11H12ClNO5S/c1-17-11(14)8-3-4-9(12)10(7-8)19(15,16)13-5-2-6-18-13/h3-4,7H,2,5-6H2,1H3. The molecular weight excluding hydrogens is 294 g/mol. The van der Waals surface area contributed by atoms with Crippen LogP contribution in [0.15, 0.2) is 23.1 Å². The summed E-state index contributed by atoms with van der Waals surface area (Å²) in [6.07, 6.45) is 0.619. The topological polar surface area (TPSA) is 72.9 Å². The number of hydroxylamine groups is 1. The number of halogens is 1. The van der Waals surface area contributed by atoms with Crippen LogP contribution in [0.4, 0.5) is 0 Å². The lowest BCUT2D eigenvalue weighted by molar-refractivity contribution is -0.0284. The van der Waals surface area contributed by atoms with Gasteiger partial charge in [-0.25, -0.2) is 13.2 Å². The zero-order valence-corrected chi connectivity index (χ0v) is 11.7. The number of hydrogen-bond acceptors (Lipinski definition) is 5. The summed E-state index contributed by atoms with van der Waals surface area (Å²) < 4.78 is 30.0. The fourth-order valence-electron chi connectivity index (χ4n) is 1.67. The molecule has 0 radical (unpaired) electrons. The monoisotopic (exact) mass is 305 g/mol. The number of benzene rings is 1. The second kappa shape index (κ2) is 5.46. The summed E-state index contributed by atoms with van der Waals surface area (Å²) in [6, 6.07) is 3.93. The van der Waals surface area contributed by atoms with Crippen LogP contribution >= 0.6 is 11.6 Å². The fraction of sp³-hybridized carbons (Fsp3) is 0.364. The molecule has 0 saturated carbocycles. The van der Waals surface area contributed by atoms with Gasteiger partial charge in [0.2, 0.25) is 0 Å². The van der Waals surface area contributed by atoms with Crippen molar-refractivity contribution in [3.63, 3.8) is 0 Å². The van der Waals surface area contributed by atoms with Crippen molar-refractivity contribution in [1.29, 1.82) is 0 Å². The lowest BCUT2D eigenvalue weighted by Gasteiger charge is -2.15. The van der Waals surface area contributed by atoms with Gasteiger partial charge in [-0.15, -0.1) is 0 Å². The minimum atomic E-state index is -3.86. The summed E-state index contributed by atoms with van der Waals surface area (Å²) in [7, 11) is -2.65. The van der Waals surface area contributed by atoms with Crippen LogP contribution in [0.3, 0.4) is 0 Å². The van der Waals surface area contributed by atoms with E-state index in [2.05, 4.69) is 4.74 Å². The average molecular weight is 306 g/mol. The van der Waals surface area contributed by atoms with Crippen molar-refractivity contribution in [2.45, 2.75) is 11.3 Å². The molecule has 0 bridgehead atoms. The Morgan fingerprint density at radius 3 is 2.79 bits per heavy atom. The maximum absolute atomic E-state index is 12.3. The maximum atomic E-state index is 12.3. The normalized spacial score (nSPS) is 16.5. The number of methoxy groups -OCH3 is 1. The van der Waals surface area contributed by atoms with Gasteiger partial charge in [-0.05, 0) is 24.6 Å². The quantitative estimate of drug-likeness (QED) is 0.790. The van der Waals surface area contributed by atoms with Crippen molar-refractivity contribution in [2.24, 2.45) is 0 Å². The largest absolute Gasteiger partial charge is 0.465 e. The van der Waals surface area contributed by atoms with E-state index >= 15 is 0 Å². The van der Waals surface area contributed by atoms with Crippen LogP contribution in [0.1, 0.15) is 16.8 Å². The SMILES string of the molecule is COC(=O)c1ccc(Cl)c(S(=O)(=O)N2CCCO2)c1. The van der Waals surface area contributed by atoms with E-state index in [9.17, 15) is 13.2 Å². The van der Waals surface area contributed by atoms with Gasteiger partial charge < -0.3 is 4.74 Å². The number of sulfonamides is 1. The third-order valence-corrected chi connectivity index (χ3v) is 4.78. The molecule has 1 saturated heterocycles. The number of hydrogen-bond donors (Lipinski definition) is 0. The number of rotatable bonds is 3. The highest BCUT2D eigenvalue weighted by Gasteiger charge is 2.31. The van der Waals surface area contributed by atoms with E-state index in [-0.39, 0.29) is 22.0 Å². The van der Waals surface area contributed by atoms with Gasteiger partial charge in [-0.1, -0.05) is 16.1 Å². The smallest absolute Gasteiger partial charge is 0.337 e. The first kappa shape index (κ1) is 14.3. The van der Waals surface area contributed by atoms with Gasteiger partial charge in [0.05, 0.1) is 24.3 Å². The molecule has 0 N–H and O–H groups in total. The molecule has 1 aliphatic heterocycles. The lowest BCUT2D eigenvalue weighted by Crippen LogP contribution is -2.27. The van der Waals surface area contributed by atoms with Gasteiger partial charge in [0.1, 0.15) is 4.90 Å². The molecule has 0 unspecified atom stereocenters. The summed E-state index contributed by atoms with van der Waals surface area (Å²) in [5.41, 5.74) is 0.115. The highest BCUT2D eigenvalue weighted by molar-refractivity contribution is 7.89. The first-order valence-corrected chi connectivity index (χ1v) is 7.32. The van der Waals surface area contributed by atoms with Crippen LogP contribution in [-0.2, 0) is 19.6 Å². The Morgan fingerprint density at radius 1 is 1.47 bits per heavy atom. The Balaban J connectivity index is 2.46. The zero-order valence-electron chi connectivity index (χ0n) is 10.1.